The minimum absolute atomic E-state index is 0.562. The standard InChI is InChI=1S/C13H11ClO/c1-10-5-6-13-11(8-10)9-12(15-13)4-2-3-7-14/h5-6,8-9H,3,7H2,1H3. The Morgan fingerprint density at radius 3 is 3.00 bits per heavy atom. The molecule has 2 aromatic rings. The zero-order chi connectivity index (χ0) is 10.7. The van der Waals surface area contributed by atoms with Crippen LogP contribution < -0.4 is 0 Å². The molecule has 76 valence electrons. The number of rotatable bonds is 1. The lowest BCUT2D eigenvalue weighted by Crippen LogP contribution is -1.68. The molecule has 0 aliphatic carbocycles. The molecule has 0 aliphatic rings. The van der Waals surface area contributed by atoms with E-state index in [4.69, 9.17) is 16.0 Å². The number of furan rings is 1. The fourth-order valence-corrected chi connectivity index (χ4v) is 1.52. The van der Waals surface area contributed by atoms with Crippen LogP contribution in [0.15, 0.2) is 28.7 Å². The molecule has 0 bridgehead atoms. The van der Waals surface area contributed by atoms with Gasteiger partial charge in [-0.1, -0.05) is 17.6 Å². The molecule has 0 radical (unpaired) electrons. The van der Waals surface area contributed by atoms with Crippen LogP contribution in [0.25, 0.3) is 11.0 Å². The second-order valence-corrected chi connectivity index (χ2v) is 3.77. The van der Waals surface area contributed by atoms with Crippen LogP contribution in [0.4, 0.5) is 0 Å². The molecule has 15 heavy (non-hydrogen) atoms. The average molecular weight is 219 g/mol. The molecule has 0 unspecified atom stereocenters. The Kier molecular flexibility index (Phi) is 2.99. The van der Waals surface area contributed by atoms with Crippen molar-refractivity contribution >= 4 is 22.6 Å². The summed E-state index contributed by atoms with van der Waals surface area (Å²) in [4.78, 5) is 0. The van der Waals surface area contributed by atoms with E-state index < -0.39 is 0 Å². The van der Waals surface area contributed by atoms with Gasteiger partial charge in [0.2, 0.25) is 0 Å². The SMILES string of the molecule is Cc1ccc2oc(C#CCCCl)cc2c1. The summed E-state index contributed by atoms with van der Waals surface area (Å²) in [5, 5.41) is 1.10. The van der Waals surface area contributed by atoms with Gasteiger partial charge in [0.1, 0.15) is 5.58 Å². The Morgan fingerprint density at radius 2 is 2.20 bits per heavy atom. The molecule has 2 heteroatoms. The van der Waals surface area contributed by atoms with Gasteiger partial charge in [-0.25, -0.2) is 0 Å². The molecular weight excluding hydrogens is 208 g/mol. The van der Waals surface area contributed by atoms with Gasteiger partial charge in [0.15, 0.2) is 5.76 Å². The Morgan fingerprint density at radius 1 is 1.33 bits per heavy atom. The molecule has 1 heterocycles. The smallest absolute Gasteiger partial charge is 0.178 e. The van der Waals surface area contributed by atoms with E-state index in [1.807, 2.05) is 18.2 Å². The second kappa shape index (κ2) is 4.42. The monoisotopic (exact) mass is 218 g/mol. The number of hydrogen-bond donors (Lipinski definition) is 0. The van der Waals surface area contributed by atoms with Gasteiger partial charge in [0, 0.05) is 23.8 Å². The van der Waals surface area contributed by atoms with Crippen LogP contribution >= 0.6 is 11.6 Å². The Balaban J connectivity index is 2.36. The maximum atomic E-state index is 5.55. The van der Waals surface area contributed by atoms with Crippen molar-refractivity contribution in [1.29, 1.82) is 0 Å². The van der Waals surface area contributed by atoms with Gasteiger partial charge in [-0.2, -0.15) is 0 Å². The van der Waals surface area contributed by atoms with Crippen LogP contribution in [-0.4, -0.2) is 5.88 Å². The van der Waals surface area contributed by atoms with Crippen molar-refractivity contribution in [3.05, 3.63) is 35.6 Å². The zero-order valence-electron chi connectivity index (χ0n) is 8.51. The molecule has 0 saturated heterocycles. The van der Waals surface area contributed by atoms with E-state index in [1.54, 1.807) is 0 Å². The van der Waals surface area contributed by atoms with Crippen molar-refractivity contribution in [3.63, 3.8) is 0 Å². The van der Waals surface area contributed by atoms with E-state index in [9.17, 15) is 0 Å². The first-order valence-corrected chi connectivity index (χ1v) is 5.38. The van der Waals surface area contributed by atoms with Gasteiger partial charge < -0.3 is 4.42 Å². The van der Waals surface area contributed by atoms with Crippen molar-refractivity contribution in [1.82, 2.24) is 0 Å². The molecule has 0 aliphatic heterocycles. The minimum Gasteiger partial charge on any atom is -0.448 e. The topological polar surface area (TPSA) is 13.1 Å². The predicted molar refractivity (Wildman–Crippen MR) is 63.2 cm³/mol. The number of halogens is 1. The number of hydrogen-bond acceptors (Lipinski definition) is 1. The number of aryl methyl sites for hydroxylation is 1. The van der Waals surface area contributed by atoms with Gasteiger partial charge in [-0.15, -0.1) is 11.6 Å². The van der Waals surface area contributed by atoms with Crippen molar-refractivity contribution in [3.8, 4) is 11.8 Å². The number of alkyl halides is 1. The summed E-state index contributed by atoms with van der Waals surface area (Å²) >= 11 is 5.53. The van der Waals surface area contributed by atoms with E-state index >= 15 is 0 Å². The van der Waals surface area contributed by atoms with E-state index in [0.717, 1.165) is 11.0 Å². The van der Waals surface area contributed by atoms with E-state index in [0.29, 0.717) is 18.1 Å². The molecule has 1 aromatic heterocycles. The highest BCUT2D eigenvalue weighted by Crippen LogP contribution is 2.19. The molecule has 0 spiro atoms. The first kappa shape index (κ1) is 10.1. The van der Waals surface area contributed by atoms with Gasteiger partial charge in [0.25, 0.3) is 0 Å². The summed E-state index contributed by atoms with van der Waals surface area (Å²) in [5.41, 5.74) is 2.11. The molecule has 0 saturated carbocycles. The summed E-state index contributed by atoms with van der Waals surface area (Å²) < 4.78 is 5.55. The first-order chi connectivity index (χ1) is 7.29. The molecule has 0 fully saturated rings. The van der Waals surface area contributed by atoms with Crippen molar-refractivity contribution in [2.75, 3.05) is 5.88 Å². The van der Waals surface area contributed by atoms with Crippen LogP contribution in [-0.2, 0) is 0 Å². The van der Waals surface area contributed by atoms with Gasteiger partial charge in [0.05, 0.1) is 0 Å². The highest BCUT2D eigenvalue weighted by molar-refractivity contribution is 6.18. The molecule has 1 nitrogen and oxygen atoms in total. The Hall–Kier alpha value is -1.39. The van der Waals surface area contributed by atoms with Gasteiger partial charge in [-0.3, -0.25) is 0 Å². The van der Waals surface area contributed by atoms with E-state index in [-0.39, 0.29) is 0 Å². The fourth-order valence-electron chi connectivity index (χ4n) is 1.42. The Bertz CT molecular complexity index is 528. The highest BCUT2D eigenvalue weighted by Gasteiger charge is 2.00. The summed E-state index contributed by atoms with van der Waals surface area (Å²) in [6, 6.07) is 8.05. The number of fused-ring (bicyclic) bond motifs is 1. The largest absolute Gasteiger partial charge is 0.448 e. The highest BCUT2D eigenvalue weighted by atomic mass is 35.5. The third-order valence-electron chi connectivity index (χ3n) is 2.10. The quantitative estimate of drug-likeness (QED) is 0.525. The molecule has 2 rings (SSSR count). The maximum absolute atomic E-state index is 5.55. The average Bonchev–Trinajstić information content (AvgIpc) is 2.60. The van der Waals surface area contributed by atoms with E-state index in [1.165, 1.54) is 5.56 Å². The van der Waals surface area contributed by atoms with Crippen LogP contribution in [0.3, 0.4) is 0 Å². The van der Waals surface area contributed by atoms with Crippen LogP contribution in [0.5, 0.6) is 0 Å². The number of benzene rings is 1. The third-order valence-corrected chi connectivity index (χ3v) is 2.29. The zero-order valence-corrected chi connectivity index (χ0v) is 9.27. The summed E-state index contributed by atoms with van der Waals surface area (Å²) in [6.07, 6.45) is 0.692. The van der Waals surface area contributed by atoms with Gasteiger partial charge >= 0.3 is 0 Å². The van der Waals surface area contributed by atoms with Gasteiger partial charge in [-0.05, 0) is 25.0 Å². The maximum Gasteiger partial charge on any atom is 0.178 e. The lowest BCUT2D eigenvalue weighted by Gasteiger charge is -1.89. The Labute approximate surface area is 94.0 Å². The summed E-state index contributed by atoms with van der Waals surface area (Å²) in [7, 11) is 0. The van der Waals surface area contributed by atoms with Crippen LogP contribution in [0.1, 0.15) is 17.7 Å². The van der Waals surface area contributed by atoms with Crippen molar-refractivity contribution in [2.24, 2.45) is 0 Å². The molecule has 0 atom stereocenters. The van der Waals surface area contributed by atoms with Crippen LogP contribution in [0.2, 0.25) is 0 Å². The molecule has 0 amide bonds. The van der Waals surface area contributed by atoms with Crippen molar-refractivity contribution in [2.45, 2.75) is 13.3 Å². The summed E-state index contributed by atoms with van der Waals surface area (Å²) in [6.45, 7) is 2.06. The van der Waals surface area contributed by atoms with Crippen LogP contribution in [0, 0.1) is 18.8 Å². The summed E-state index contributed by atoms with van der Waals surface area (Å²) in [5.74, 6) is 7.18. The molecule has 0 N–H and O–H groups in total. The fraction of sp³-hybridized carbons (Fsp3) is 0.231. The van der Waals surface area contributed by atoms with E-state index in [2.05, 4.69) is 24.8 Å². The first-order valence-electron chi connectivity index (χ1n) is 4.84. The molecular formula is C13H11ClO. The lowest BCUT2D eigenvalue weighted by molar-refractivity contribution is 0.601. The van der Waals surface area contributed by atoms with Crippen molar-refractivity contribution < 1.29 is 4.42 Å². The normalized spacial score (nSPS) is 10.0. The lowest BCUT2D eigenvalue weighted by atomic mass is 10.2. The molecule has 1 aromatic carbocycles. The second-order valence-electron chi connectivity index (χ2n) is 3.39. The predicted octanol–water partition coefficient (Wildman–Crippen LogP) is 3.72. The minimum atomic E-state index is 0.562. The third kappa shape index (κ3) is 2.34.